The highest BCUT2D eigenvalue weighted by atomic mass is 16.5. The number of nitrogens with zero attached hydrogens (tertiary/aromatic N) is 2. The summed E-state index contributed by atoms with van der Waals surface area (Å²) in [7, 11) is 0. The van der Waals surface area contributed by atoms with Crippen LogP contribution in [0.15, 0.2) is 12.3 Å². The molecule has 1 aliphatic rings. The van der Waals surface area contributed by atoms with E-state index in [1.165, 1.54) is 0 Å². The summed E-state index contributed by atoms with van der Waals surface area (Å²) in [4.78, 5) is 37.2. The Kier molecular flexibility index (Phi) is 7.60. The summed E-state index contributed by atoms with van der Waals surface area (Å²) < 4.78 is 0. The predicted octanol–water partition coefficient (Wildman–Crippen LogP) is 2.93. The van der Waals surface area contributed by atoms with Gasteiger partial charge in [0.2, 0.25) is 11.8 Å². The molecule has 1 unspecified atom stereocenters. The highest BCUT2D eigenvalue weighted by molar-refractivity contribution is 6.02. The first-order valence-corrected chi connectivity index (χ1v) is 9.02. The first-order valence-electron chi connectivity index (χ1n) is 9.02. The maximum Gasteiger partial charge on any atom is 0.332 e. The summed E-state index contributed by atoms with van der Waals surface area (Å²) in [5.74, 6) is -1.75. The van der Waals surface area contributed by atoms with Crippen molar-refractivity contribution in [1.29, 1.82) is 0 Å². The number of carbonyl (C=O) groups excluding carboxylic acids is 2. The fourth-order valence-electron chi connectivity index (χ4n) is 3.33. The zero-order valence-corrected chi connectivity index (χ0v) is 15.5. The van der Waals surface area contributed by atoms with Crippen molar-refractivity contribution >= 4 is 17.8 Å². The molecule has 25 heavy (non-hydrogen) atoms. The maximum atomic E-state index is 12.2. The molecule has 0 aromatic heterocycles. The van der Waals surface area contributed by atoms with Crippen molar-refractivity contribution < 1.29 is 24.7 Å². The average molecular weight is 354 g/mol. The van der Waals surface area contributed by atoms with Crippen LogP contribution >= 0.6 is 0 Å². The minimum absolute atomic E-state index is 0.0887. The number of amides is 2. The highest BCUT2D eigenvalue weighted by Crippen LogP contribution is 2.32. The Balaban J connectivity index is 3.15. The number of hydroxylamine groups is 2. The second kappa shape index (κ2) is 8.99. The Morgan fingerprint density at radius 3 is 2.12 bits per heavy atom. The van der Waals surface area contributed by atoms with Crippen molar-refractivity contribution in [1.82, 2.24) is 9.96 Å². The van der Waals surface area contributed by atoms with E-state index in [0.29, 0.717) is 11.5 Å². The standard InChI is InChI=1S/C18H30N2O5/c1-5-8-9-10-14(19-15(21)11-12-16(19)22)13(4)20(25)18(6-2,7-3)17(23)24/h14,25H,4-12H2,1-3H3,(H,23,24). The summed E-state index contributed by atoms with van der Waals surface area (Å²) >= 11 is 0. The maximum absolute atomic E-state index is 12.2. The van der Waals surface area contributed by atoms with Gasteiger partial charge in [-0.05, 0) is 19.3 Å². The summed E-state index contributed by atoms with van der Waals surface area (Å²) in [6.07, 6.45) is 3.72. The van der Waals surface area contributed by atoms with Crippen LogP contribution in [0.3, 0.4) is 0 Å². The lowest BCUT2D eigenvalue weighted by Crippen LogP contribution is -2.55. The first kappa shape index (κ1) is 21.2. The third kappa shape index (κ3) is 4.21. The molecule has 142 valence electrons. The molecule has 7 nitrogen and oxygen atoms in total. The molecule has 7 heteroatoms. The molecule has 2 N–H and O–H groups in total. The number of carbonyl (C=O) groups is 3. The number of aliphatic carboxylic acids is 1. The number of hydrogen-bond acceptors (Lipinski definition) is 5. The quantitative estimate of drug-likeness (QED) is 0.336. The zero-order valence-electron chi connectivity index (χ0n) is 15.5. The third-order valence-corrected chi connectivity index (χ3v) is 5.11. The van der Waals surface area contributed by atoms with Gasteiger partial charge >= 0.3 is 5.97 Å². The first-order chi connectivity index (χ1) is 11.8. The molecule has 2 amide bonds. The molecular formula is C18H30N2O5. The average Bonchev–Trinajstić information content (AvgIpc) is 2.91. The molecule has 1 rings (SSSR count). The van der Waals surface area contributed by atoms with Crippen LogP contribution in [-0.2, 0) is 14.4 Å². The van der Waals surface area contributed by atoms with Gasteiger partial charge in [0.25, 0.3) is 0 Å². The van der Waals surface area contributed by atoms with E-state index in [0.717, 1.165) is 24.2 Å². The van der Waals surface area contributed by atoms with Crippen molar-refractivity contribution in [3.8, 4) is 0 Å². The van der Waals surface area contributed by atoms with Crippen LogP contribution in [0.4, 0.5) is 0 Å². The van der Waals surface area contributed by atoms with E-state index in [1.807, 2.05) is 6.92 Å². The van der Waals surface area contributed by atoms with Gasteiger partial charge in [-0.2, -0.15) is 0 Å². The van der Waals surface area contributed by atoms with Crippen LogP contribution in [-0.4, -0.2) is 49.6 Å². The van der Waals surface area contributed by atoms with Gasteiger partial charge in [0.15, 0.2) is 5.54 Å². The van der Waals surface area contributed by atoms with Crippen LogP contribution in [0.5, 0.6) is 0 Å². The van der Waals surface area contributed by atoms with Gasteiger partial charge in [-0.15, -0.1) is 0 Å². The van der Waals surface area contributed by atoms with Gasteiger partial charge in [0.1, 0.15) is 0 Å². The minimum Gasteiger partial charge on any atom is -0.479 e. The molecule has 0 radical (unpaired) electrons. The van der Waals surface area contributed by atoms with Gasteiger partial charge in [0, 0.05) is 12.8 Å². The van der Waals surface area contributed by atoms with E-state index < -0.39 is 17.6 Å². The van der Waals surface area contributed by atoms with Crippen molar-refractivity contribution in [3.63, 3.8) is 0 Å². The van der Waals surface area contributed by atoms with Crippen LogP contribution in [0.1, 0.15) is 72.1 Å². The van der Waals surface area contributed by atoms with E-state index in [4.69, 9.17) is 0 Å². The summed E-state index contributed by atoms with van der Waals surface area (Å²) in [6, 6.07) is -0.712. The van der Waals surface area contributed by atoms with E-state index >= 15 is 0 Å². The highest BCUT2D eigenvalue weighted by Gasteiger charge is 2.45. The monoisotopic (exact) mass is 354 g/mol. The van der Waals surface area contributed by atoms with Crippen LogP contribution in [0, 0.1) is 0 Å². The molecule has 0 bridgehead atoms. The molecular weight excluding hydrogens is 324 g/mol. The SMILES string of the molecule is C=C(C(CCCCC)N1C(=O)CCC1=O)N(O)C(CC)(CC)C(=O)O. The zero-order chi connectivity index (χ0) is 19.2. The Morgan fingerprint density at radius 2 is 1.72 bits per heavy atom. The number of unbranched alkanes of at least 4 members (excludes halogenated alkanes) is 2. The van der Waals surface area contributed by atoms with Crippen molar-refractivity contribution in [2.75, 3.05) is 0 Å². The summed E-state index contributed by atoms with van der Waals surface area (Å²) in [5, 5.41) is 21.0. The normalized spacial score (nSPS) is 16.2. The Labute approximate surface area is 149 Å². The van der Waals surface area contributed by atoms with E-state index in [1.54, 1.807) is 13.8 Å². The van der Waals surface area contributed by atoms with Crippen LogP contribution < -0.4 is 0 Å². The van der Waals surface area contributed by atoms with Gasteiger partial charge in [-0.1, -0.05) is 46.6 Å². The lowest BCUT2D eigenvalue weighted by atomic mass is 9.90. The van der Waals surface area contributed by atoms with Gasteiger partial charge in [-0.3, -0.25) is 19.7 Å². The Hall–Kier alpha value is -1.89. The molecule has 0 aliphatic carbocycles. The summed E-state index contributed by atoms with van der Waals surface area (Å²) in [5.41, 5.74) is -1.43. The lowest BCUT2D eigenvalue weighted by molar-refractivity contribution is -0.188. The molecule has 1 fully saturated rings. The minimum atomic E-state index is -1.52. The molecule has 1 atom stereocenters. The molecule has 0 aromatic carbocycles. The Bertz CT molecular complexity index is 512. The number of likely N-dealkylation sites (tertiary alicyclic amines) is 1. The fourth-order valence-corrected chi connectivity index (χ4v) is 3.33. The van der Waals surface area contributed by atoms with E-state index in [9.17, 15) is 24.7 Å². The number of hydrogen-bond donors (Lipinski definition) is 2. The van der Waals surface area contributed by atoms with E-state index in [2.05, 4.69) is 6.58 Å². The van der Waals surface area contributed by atoms with Gasteiger partial charge in [-0.25, -0.2) is 9.86 Å². The molecule has 0 spiro atoms. The number of imide groups is 1. The second-order valence-corrected chi connectivity index (χ2v) is 6.52. The number of rotatable bonds is 11. The van der Waals surface area contributed by atoms with Crippen molar-refractivity contribution in [2.45, 2.75) is 83.7 Å². The topological polar surface area (TPSA) is 98.2 Å². The Morgan fingerprint density at radius 1 is 1.20 bits per heavy atom. The number of carboxylic acids is 1. The smallest absolute Gasteiger partial charge is 0.332 e. The van der Waals surface area contributed by atoms with Crippen molar-refractivity contribution in [3.05, 3.63) is 12.3 Å². The molecule has 0 saturated carbocycles. The molecule has 1 saturated heterocycles. The second-order valence-electron chi connectivity index (χ2n) is 6.52. The largest absolute Gasteiger partial charge is 0.479 e. The van der Waals surface area contributed by atoms with Crippen LogP contribution in [0.25, 0.3) is 0 Å². The predicted molar refractivity (Wildman–Crippen MR) is 92.7 cm³/mol. The van der Waals surface area contributed by atoms with Crippen LogP contribution in [0.2, 0.25) is 0 Å². The summed E-state index contributed by atoms with van der Waals surface area (Å²) in [6.45, 7) is 9.24. The van der Waals surface area contributed by atoms with Gasteiger partial charge < -0.3 is 5.11 Å². The van der Waals surface area contributed by atoms with Gasteiger partial charge in [0.05, 0.1) is 11.7 Å². The van der Waals surface area contributed by atoms with Crippen molar-refractivity contribution in [2.24, 2.45) is 0 Å². The molecule has 0 aromatic rings. The molecule has 1 aliphatic heterocycles. The fraction of sp³-hybridized carbons (Fsp3) is 0.722. The van der Waals surface area contributed by atoms with E-state index in [-0.39, 0.29) is 43.2 Å². The number of carboxylic acid groups (broad SMARTS) is 1. The third-order valence-electron chi connectivity index (χ3n) is 5.11. The lowest BCUT2D eigenvalue weighted by Gasteiger charge is -2.41. The molecule has 1 heterocycles.